The Morgan fingerprint density at radius 3 is 2.81 bits per heavy atom. The number of carboxylic acid groups (broad SMARTS) is 1. The molecule has 0 fully saturated rings. The van der Waals surface area contributed by atoms with Gasteiger partial charge in [0.15, 0.2) is 0 Å². The molecule has 0 unspecified atom stereocenters. The van der Waals surface area contributed by atoms with Crippen LogP contribution in [0.5, 0.6) is 0 Å². The average Bonchev–Trinajstić information content (AvgIpc) is 2.16. The quantitative estimate of drug-likeness (QED) is 0.777. The lowest BCUT2D eigenvalue weighted by atomic mass is 10.0. The summed E-state index contributed by atoms with van der Waals surface area (Å²) in [4.78, 5) is 20.9. The number of nitrogens with one attached hydrogen (secondary N) is 1. The largest absolute Gasteiger partial charge is 0.481 e. The van der Waals surface area contributed by atoms with Gasteiger partial charge in [-0.2, -0.15) is 0 Å². The molecule has 0 aliphatic rings. The van der Waals surface area contributed by atoms with Gasteiger partial charge in [0.2, 0.25) is 6.41 Å². The summed E-state index contributed by atoms with van der Waals surface area (Å²) in [7, 11) is 0. The number of carbonyl (C=O) groups is 2. The van der Waals surface area contributed by atoms with Crippen molar-refractivity contribution < 1.29 is 19.1 Å². The Kier molecular flexibility index (Phi) is 4.25. The fraction of sp³-hybridized carbons (Fsp3) is 0.200. The van der Waals surface area contributed by atoms with Crippen LogP contribution in [0.15, 0.2) is 18.2 Å². The highest BCUT2D eigenvalue weighted by Crippen LogP contribution is 2.27. The van der Waals surface area contributed by atoms with E-state index in [1.165, 1.54) is 12.1 Å². The molecule has 0 aliphatic heterocycles. The number of benzene rings is 1. The maximum atomic E-state index is 13.4. The van der Waals surface area contributed by atoms with E-state index in [1.54, 1.807) is 0 Å². The Labute approximate surface area is 96.0 Å². The van der Waals surface area contributed by atoms with E-state index in [2.05, 4.69) is 5.32 Å². The van der Waals surface area contributed by atoms with Gasteiger partial charge >= 0.3 is 5.97 Å². The van der Waals surface area contributed by atoms with Crippen LogP contribution in [-0.2, 0) is 9.59 Å². The summed E-state index contributed by atoms with van der Waals surface area (Å²) in [5.74, 6) is -1.80. The number of hydrogen-bond donors (Lipinski definition) is 2. The van der Waals surface area contributed by atoms with Crippen LogP contribution in [0.25, 0.3) is 0 Å². The van der Waals surface area contributed by atoms with Crippen molar-refractivity contribution in [2.24, 2.45) is 0 Å². The summed E-state index contributed by atoms with van der Waals surface area (Å²) in [6, 6.07) is 3.02. The second-order valence-electron chi connectivity index (χ2n) is 3.07. The Morgan fingerprint density at radius 1 is 1.62 bits per heavy atom. The maximum Gasteiger partial charge on any atom is 0.305 e. The van der Waals surface area contributed by atoms with Crippen molar-refractivity contribution >= 4 is 24.0 Å². The SMILES string of the molecule is O=CN[C@H](CC(=O)O)c1c(F)cccc1Cl. The number of rotatable bonds is 5. The highest BCUT2D eigenvalue weighted by molar-refractivity contribution is 6.31. The number of amides is 1. The Morgan fingerprint density at radius 2 is 2.31 bits per heavy atom. The highest BCUT2D eigenvalue weighted by Gasteiger charge is 2.20. The van der Waals surface area contributed by atoms with Crippen LogP contribution in [0.1, 0.15) is 18.0 Å². The first kappa shape index (κ1) is 12.4. The Balaban J connectivity index is 3.09. The van der Waals surface area contributed by atoms with E-state index in [9.17, 15) is 14.0 Å². The molecule has 0 aliphatic carbocycles. The van der Waals surface area contributed by atoms with Crippen molar-refractivity contribution in [3.05, 3.63) is 34.6 Å². The zero-order chi connectivity index (χ0) is 12.1. The monoisotopic (exact) mass is 245 g/mol. The van der Waals surface area contributed by atoms with Gasteiger partial charge in [0.1, 0.15) is 5.82 Å². The molecule has 0 heterocycles. The molecule has 0 bridgehead atoms. The number of carbonyl (C=O) groups excluding carboxylic acids is 1. The van der Waals surface area contributed by atoms with Crippen molar-refractivity contribution in [2.75, 3.05) is 0 Å². The number of hydrogen-bond acceptors (Lipinski definition) is 2. The lowest BCUT2D eigenvalue weighted by Crippen LogP contribution is -2.23. The summed E-state index contributed by atoms with van der Waals surface area (Å²) < 4.78 is 13.4. The van der Waals surface area contributed by atoms with Gasteiger partial charge in [-0.3, -0.25) is 9.59 Å². The van der Waals surface area contributed by atoms with Crippen LogP contribution in [0.4, 0.5) is 4.39 Å². The molecule has 86 valence electrons. The number of carboxylic acids is 1. The van der Waals surface area contributed by atoms with Gasteiger partial charge in [-0.1, -0.05) is 17.7 Å². The van der Waals surface area contributed by atoms with E-state index in [0.29, 0.717) is 6.41 Å². The van der Waals surface area contributed by atoms with Crippen molar-refractivity contribution in [1.29, 1.82) is 0 Å². The molecular weight excluding hydrogens is 237 g/mol. The maximum absolute atomic E-state index is 13.4. The van der Waals surface area contributed by atoms with Crippen LogP contribution in [0, 0.1) is 5.82 Å². The van der Waals surface area contributed by atoms with E-state index in [0.717, 1.165) is 6.07 Å². The number of aliphatic carboxylic acids is 1. The summed E-state index contributed by atoms with van der Waals surface area (Å²) in [6.07, 6.45) is -0.115. The standard InChI is InChI=1S/C10H9ClFNO3/c11-6-2-1-3-7(12)10(6)8(13-5-14)4-9(15)16/h1-3,5,8H,4H2,(H,13,14)(H,15,16)/t8-/m1/s1. The Hall–Kier alpha value is -1.62. The summed E-state index contributed by atoms with van der Waals surface area (Å²) in [5.41, 5.74) is -0.0151. The van der Waals surface area contributed by atoms with Crippen molar-refractivity contribution in [3.8, 4) is 0 Å². The van der Waals surface area contributed by atoms with E-state index in [1.807, 2.05) is 0 Å². The van der Waals surface area contributed by atoms with E-state index < -0.39 is 24.2 Å². The second-order valence-corrected chi connectivity index (χ2v) is 3.48. The highest BCUT2D eigenvalue weighted by atomic mass is 35.5. The minimum atomic E-state index is -1.15. The Bertz CT molecular complexity index is 391. The zero-order valence-electron chi connectivity index (χ0n) is 8.11. The molecule has 1 amide bonds. The van der Waals surface area contributed by atoms with Crippen LogP contribution in [0.3, 0.4) is 0 Å². The summed E-state index contributed by atoms with van der Waals surface area (Å²) in [6.45, 7) is 0. The van der Waals surface area contributed by atoms with E-state index in [-0.39, 0.29) is 10.6 Å². The van der Waals surface area contributed by atoms with Gasteiger partial charge in [-0.25, -0.2) is 4.39 Å². The molecule has 4 nitrogen and oxygen atoms in total. The molecule has 1 rings (SSSR count). The van der Waals surface area contributed by atoms with Crippen molar-refractivity contribution in [2.45, 2.75) is 12.5 Å². The average molecular weight is 246 g/mol. The molecule has 0 aromatic heterocycles. The van der Waals surface area contributed by atoms with Crippen LogP contribution in [-0.4, -0.2) is 17.5 Å². The molecule has 1 aromatic rings. The minimum absolute atomic E-state index is 0.0151. The molecule has 6 heteroatoms. The molecule has 0 saturated carbocycles. The predicted molar refractivity (Wildman–Crippen MR) is 55.6 cm³/mol. The molecule has 0 spiro atoms. The van der Waals surface area contributed by atoms with E-state index >= 15 is 0 Å². The fourth-order valence-electron chi connectivity index (χ4n) is 1.34. The van der Waals surface area contributed by atoms with Crippen molar-refractivity contribution in [3.63, 3.8) is 0 Å². The molecule has 16 heavy (non-hydrogen) atoms. The first-order chi connectivity index (χ1) is 7.56. The van der Waals surface area contributed by atoms with Gasteiger partial charge in [-0.15, -0.1) is 0 Å². The van der Waals surface area contributed by atoms with Crippen LogP contribution in [0.2, 0.25) is 5.02 Å². The lowest BCUT2D eigenvalue weighted by molar-refractivity contribution is -0.137. The first-order valence-corrected chi connectivity index (χ1v) is 4.79. The molecule has 0 saturated heterocycles. The minimum Gasteiger partial charge on any atom is -0.481 e. The molecule has 1 atom stereocenters. The summed E-state index contributed by atoms with van der Waals surface area (Å²) in [5, 5.41) is 10.9. The third-order valence-electron chi connectivity index (χ3n) is 2.00. The number of halogens is 2. The lowest BCUT2D eigenvalue weighted by Gasteiger charge is -2.16. The zero-order valence-corrected chi connectivity index (χ0v) is 8.87. The molecule has 2 N–H and O–H groups in total. The predicted octanol–water partition coefficient (Wildman–Crippen LogP) is 1.74. The third kappa shape index (κ3) is 2.93. The third-order valence-corrected chi connectivity index (χ3v) is 2.33. The normalized spacial score (nSPS) is 11.9. The van der Waals surface area contributed by atoms with Crippen molar-refractivity contribution in [1.82, 2.24) is 5.32 Å². The topological polar surface area (TPSA) is 66.4 Å². The fourth-order valence-corrected chi connectivity index (χ4v) is 1.64. The summed E-state index contributed by atoms with van der Waals surface area (Å²) >= 11 is 5.75. The van der Waals surface area contributed by atoms with Gasteiger partial charge in [-0.05, 0) is 12.1 Å². The molecular formula is C10H9ClFNO3. The van der Waals surface area contributed by atoms with Gasteiger partial charge in [0.05, 0.1) is 12.5 Å². The van der Waals surface area contributed by atoms with Crippen LogP contribution < -0.4 is 5.32 Å². The first-order valence-electron chi connectivity index (χ1n) is 4.41. The van der Waals surface area contributed by atoms with Gasteiger partial charge < -0.3 is 10.4 Å². The molecule has 1 aromatic carbocycles. The van der Waals surface area contributed by atoms with E-state index in [4.69, 9.17) is 16.7 Å². The smallest absolute Gasteiger partial charge is 0.305 e. The van der Waals surface area contributed by atoms with Gasteiger partial charge in [0.25, 0.3) is 0 Å². The second kappa shape index (κ2) is 5.46. The van der Waals surface area contributed by atoms with Crippen LogP contribution >= 0.6 is 11.6 Å². The molecule has 0 radical (unpaired) electrons. The van der Waals surface area contributed by atoms with Gasteiger partial charge in [0, 0.05) is 10.6 Å².